The summed E-state index contributed by atoms with van der Waals surface area (Å²) in [5.74, 6) is -1.23. The molecule has 2 aliphatic rings. The minimum atomic E-state index is -1.24. The fraction of sp³-hybridized carbons (Fsp3) is 0.433. The van der Waals surface area contributed by atoms with Crippen LogP contribution in [0.1, 0.15) is 47.7 Å². The van der Waals surface area contributed by atoms with Crippen molar-refractivity contribution in [3.63, 3.8) is 0 Å². The summed E-state index contributed by atoms with van der Waals surface area (Å²) in [6.07, 6.45) is 0.570. The maximum atomic E-state index is 13.8. The van der Waals surface area contributed by atoms with Crippen molar-refractivity contribution in [3.8, 4) is 11.5 Å². The molecule has 0 fully saturated rings. The number of fused-ring (bicyclic) bond motifs is 3. The molecule has 4 rings (SSSR count). The molecule has 2 aromatic rings. The van der Waals surface area contributed by atoms with Crippen LogP contribution in [-0.2, 0) is 16.0 Å². The second kappa shape index (κ2) is 12.6. The number of aliphatic hydroxyl groups is 2. The minimum absolute atomic E-state index is 0.00174. The monoisotopic (exact) mass is 554 g/mol. The van der Waals surface area contributed by atoms with Gasteiger partial charge in [-0.1, -0.05) is 26.0 Å². The van der Waals surface area contributed by atoms with Crippen LogP contribution < -0.4 is 14.8 Å². The number of nitrogens with zero attached hydrogens (tertiary/aromatic N) is 1. The van der Waals surface area contributed by atoms with E-state index < -0.39 is 30.1 Å². The Morgan fingerprint density at radius 3 is 2.67 bits per heavy atom. The van der Waals surface area contributed by atoms with Crippen molar-refractivity contribution >= 4 is 18.1 Å². The lowest BCUT2D eigenvalue weighted by Gasteiger charge is -2.41. The van der Waals surface area contributed by atoms with E-state index in [1.54, 1.807) is 24.3 Å². The van der Waals surface area contributed by atoms with E-state index in [1.165, 1.54) is 30.2 Å². The summed E-state index contributed by atoms with van der Waals surface area (Å²) >= 11 is 0. The third kappa shape index (κ3) is 6.03. The van der Waals surface area contributed by atoms with E-state index in [0.717, 1.165) is 0 Å². The number of nitrogens with one attached hydrogen (secondary N) is 1. The highest BCUT2D eigenvalue weighted by Gasteiger charge is 2.51. The van der Waals surface area contributed by atoms with Crippen LogP contribution in [0.3, 0.4) is 0 Å². The van der Waals surface area contributed by atoms with Crippen LogP contribution in [0.25, 0.3) is 0 Å². The number of aldehydes is 1. The third-order valence-electron chi connectivity index (χ3n) is 7.20. The molecule has 0 aromatic heterocycles. The molecule has 10 heteroatoms. The Morgan fingerprint density at radius 1 is 1.25 bits per heavy atom. The van der Waals surface area contributed by atoms with Gasteiger partial charge >= 0.3 is 0 Å². The summed E-state index contributed by atoms with van der Waals surface area (Å²) in [7, 11) is 1.43. The molecule has 4 atom stereocenters. The van der Waals surface area contributed by atoms with Crippen LogP contribution in [0.2, 0.25) is 0 Å². The Bertz CT molecular complexity index is 1290. The van der Waals surface area contributed by atoms with Crippen LogP contribution in [-0.4, -0.2) is 78.3 Å². The molecule has 2 amide bonds. The number of hydrogen-bond acceptors (Lipinski definition) is 7. The van der Waals surface area contributed by atoms with Crippen molar-refractivity contribution < 1.29 is 38.5 Å². The second-order valence-corrected chi connectivity index (χ2v) is 10.5. The van der Waals surface area contributed by atoms with Gasteiger partial charge in [-0.25, -0.2) is 4.39 Å². The SMILES string of the molecule is COc1cc(C=O)cc2c1OC1C2C(C(=O)NCCO)=CC(N(CCc2cccc(F)c2)C(=O)CC(C)C)C1O. The molecule has 0 saturated heterocycles. The number of aliphatic hydroxyl groups excluding tert-OH is 2. The van der Waals surface area contributed by atoms with E-state index in [2.05, 4.69) is 5.32 Å². The van der Waals surface area contributed by atoms with Crippen LogP contribution in [0.5, 0.6) is 11.5 Å². The first-order valence-electron chi connectivity index (χ1n) is 13.3. The smallest absolute Gasteiger partial charge is 0.247 e. The van der Waals surface area contributed by atoms with Crippen molar-refractivity contribution in [2.45, 2.75) is 50.9 Å². The summed E-state index contributed by atoms with van der Waals surface area (Å²) in [6.45, 7) is 3.71. The maximum Gasteiger partial charge on any atom is 0.247 e. The highest BCUT2D eigenvalue weighted by molar-refractivity contribution is 5.96. The molecule has 0 saturated carbocycles. The summed E-state index contributed by atoms with van der Waals surface area (Å²) in [5, 5.41) is 23.6. The highest BCUT2D eigenvalue weighted by Crippen LogP contribution is 2.51. The van der Waals surface area contributed by atoms with Gasteiger partial charge < -0.3 is 29.9 Å². The average Bonchev–Trinajstić information content (AvgIpc) is 3.32. The number of methoxy groups -OCH3 is 1. The molecule has 40 heavy (non-hydrogen) atoms. The zero-order valence-electron chi connectivity index (χ0n) is 22.8. The predicted octanol–water partition coefficient (Wildman–Crippen LogP) is 2.39. The predicted molar refractivity (Wildman–Crippen MR) is 145 cm³/mol. The Balaban J connectivity index is 1.77. The Kier molecular flexibility index (Phi) is 9.21. The molecule has 1 heterocycles. The molecule has 0 bridgehead atoms. The Labute approximate surface area is 232 Å². The molecule has 0 radical (unpaired) electrons. The Morgan fingerprint density at radius 2 is 2.02 bits per heavy atom. The largest absolute Gasteiger partial charge is 0.493 e. The average molecular weight is 555 g/mol. The molecule has 4 unspecified atom stereocenters. The normalized spacial score (nSPS) is 21.1. The number of carbonyl (C=O) groups is 3. The first-order chi connectivity index (χ1) is 19.2. The molecule has 0 spiro atoms. The van der Waals surface area contributed by atoms with Gasteiger partial charge in [0, 0.05) is 36.2 Å². The molecule has 9 nitrogen and oxygen atoms in total. The van der Waals surface area contributed by atoms with Crippen LogP contribution in [0.4, 0.5) is 4.39 Å². The molecule has 214 valence electrons. The van der Waals surface area contributed by atoms with E-state index in [9.17, 15) is 29.0 Å². The van der Waals surface area contributed by atoms with Crippen molar-refractivity contribution in [1.29, 1.82) is 0 Å². The minimum Gasteiger partial charge on any atom is -0.493 e. The van der Waals surface area contributed by atoms with Gasteiger partial charge in [0.15, 0.2) is 11.5 Å². The number of rotatable bonds is 11. The Hall–Kier alpha value is -3.76. The zero-order chi connectivity index (χ0) is 29.0. The number of amides is 2. The van der Waals surface area contributed by atoms with Crippen molar-refractivity contribution in [2.75, 3.05) is 26.8 Å². The molecule has 3 N–H and O–H groups in total. The van der Waals surface area contributed by atoms with Gasteiger partial charge in [-0.15, -0.1) is 0 Å². The van der Waals surface area contributed by atoms with Crippen molar-refractivity contribution in [1.82, 2.24) is 10.2 Å². The summed E-state index contributed by atoms with van der Waals surface area (Å²) in [5.41, 5.74) is 1.75. The van der Waals surface area contributed by atoms with E-state index in [4.69, 9.17) is 9.47 Å². The van der Waals surface area contributed by atoms with Gasteiger partial charge in [0.2, 0.25) is 11.8 Å². The van der Waals surface area contributed by atoms with Gasteiger partial charge in [-0.2, -0.15) is 0 Å². The molecule has 2 aromatic carbocycles. The molecule has 1 aliphatic carbocycles. The molecular formula is C30H35FN2O7. The lowest BCUT2D eigenvalue weighted by molar-refractivity contribution is -0.137. The zero-order valence-corrected chi connectivity index (χ0v) is 22.8. The van der Waals surface area contributed by atoms with Gasteiger partial charge in [-0.05, 0) is 48.2 Å². The topological polar surface area (TPSA) is 125 Å². The number of carbonyl (C=O) groups excluding carboxylic acids is 3. The summed E-state index contributed by atoms with van der Waals surface area (Å²) < 4.78 is 25.5. The molecule has 1 aliphatic heterocycles. The third-order valence-corrected chi connectivity index (χ3v) is 7.20. The van der Waals surface area contributed by atoms with E-state index >= 15 is 0 Å². The summed E-state index contributed by atoms with van der Waals surface area (Å²) in [4.78, 5) is 40.0. The van der Waals surface area contributed by atoms with Crippen LogP contribution >= 0.6 is 0 Å². The standard InChI is InChI=1S/C30H35FN2O7/c1-17(2)11-25(36)33(9-7-18-5-4-6-20(31)12-18)23-15-22(30(38)32-8-10-34)26-21-13-19(16-35)14-24(39-3)28(21)40-29(26)27(23)37/h4-6,12-17,23,26-27,29,34,37H,7-11H2,1-3H3,(H,32,38). The lowest BCUT2D eigenvalue weighted by atomic mass is 9.77. The quantitative estimate of drug-likeness (QED) is 0.364. The fourth-order valence-electron chi connectivity index (χ4n) is 5.41. The van der Waals surface area contributed by atoms with E-state index in [0.29, 0.717) is 35.1 Å². The van der Waals surface area contributed by atoms with Crippen LogP contribution in [0.15, 0.2) is 48.0 Å². The van der Waals surface area contributed by atoms with E-state index in [-0.39, 0.29) is 55.1 Å². The number of ether oxygens (including phenoxy) is 2. The fourth-order valence-corrected chi connectivity index (χ4v) is 5.41. The second-order valence-electron chi connectivity index (χ2n) is 10.5. The van der Waals surface area contributed by atoms with Crippen molar-refractivity contribution in [2.24, 2.45) is 5.92 Å². The summed E-state index contributed by atoms with van der Waals surface area (Å²) in [6, 6.07) is 8.28. The number of benzene rings is 2. The maximum absolute atomic E-state index is 13.8. The van der Waals surface area contributed by atoms with E-state index in [1.807, 2.05) is 13.8 Å². The first kappa shape index (κ1) is 29.2. The number of halogens is 1. The molecular weight excluding hydrogens is 519 g/mol. The van der Waals surface area contributed by atoms with Gasteiger partial charge in [0.05, 0.1) is 25.7 Å². The number of hydrogen-bond donors (Lipinski definition) is 3. The van der Waals surface area contributed by atoms with Gasteiger partial charge in [-0.3, -0.25) is 14.4 Å². The highest BCUT2D eigenvalue weighted by atomic mass is 19.1. The van der Waals surface area contributed by atoms with Gasteiger partial charge in [0.25, 0.3) is 0 Å². The lowest BCUT2D eigenvalue weighted by Crippen LogP contribution is -2.56. The first-order valence-corrected chi connectivity index (χ1v) is 13.3. The van der Waals surface area contributed by atoms with Crippen LogP contribution in [0, 0.1) is 11.7 Å². The van der Waals surface area contributed by atoms with Crippen molar-refractivity contribution in [3.05, 3.63) is 70.6 Å². The van der Waals surface area contributed by atoms with Gasteiger partial charge in [0.1, 0.15) is 24.3 Å².